The van der Waals surface area contributed by atoms with Crippen LogP contribution in [-0.2, 0) is 0 Å². The number of nitrogens with one attached hydrogen (secondary N) is 1. The van der Waals surface area contributed by atoms with Gasteiger partial charge in [-0.05, 0) is 38.3 Å². The lowest BCUT2D eigenvalue weighted by Gasteiger charge is -2.35. The lowest BCUT2D eigenvalue weighted by Crippen LogP contribution is -2.38. The number of aromatic nitrogens is 1. The van der Waals surface area contributed by atoms with Crippen LogP contribution in [0.1, 0.15) is 50.2 Å². The monoisotopic (exact) mass is 263 g/mol. The van der Waals surface area contributed by atoms with Gasteiger partial charge < -0.3 is 11.1 Å². The van der Waals surface area contributed by atoms with E-state index in [1.165, 1.54) is 32.1 Å². The molecule has 1 aliphatic rings. The second kappa shape index (κ2) is 5.22. The summed E-state index contributed by atoms with van der Waals surface area (Å²) in [6.45, 7) is 4.28. The maximum Gasteiger partial charge on any atom is 0.136 e. The standard InChI is InChI=1S/C14H21N3S/c1-10-6-9-16-13(11(10)12(15)18)17-14(2)7-4-3-5-8-14/h6,9H,3-5,7-8H2,1-2H3,(H2,15,18)(H,16,17). The third kappa shape index (κ3) is 2.80. The van der Waals surface area contributed by atoms with Gasteiger partial charge in [0.25, 0.3) is 0 Å². The highest BCUT2D eigenvalue weighted by molar-refractivity contribution is 7.80. The van der Waals surface area contributed by atoms with Crippen LogP contribution in [0.4, 0.5) is 5.82 Å². The minimum Gasteiger partial charge on any atom is -0.389 e. The van der Waals surface area contributed by atoms with Crippen molar-refractivity contribution in [1.29, 1.82) is 0 Å². The Bertz CT molecular complexity index is 450. The first-order valence-electron chi connectivity index (χ1n) is 6.55. The van der Waals surface area contributed by atoms with Crippen molar-refractivity contribution in [1.82, 2.24) is 4.98 Å². The van der Waals surface area contributed by atoms with E-state index in [1.807, 2.05) is 19.2 Å². The number of hydrogen-bond donors (Lipinski definition) is 2. The van der Waals surface area contributed by atoms with Crippen LogP contribution in [0.2, 0.25) is 0 Å². The Morgan fingerprint density at radius 3 is 2.67 bits per heavy atom. The number of nitrogens with zero attached hydrogens (tertiary/aromatic N) is 1. The summed E-state index contributed by atoms with van der Waals surface area (Å²) in [7, 11) is 0. The first-order chi connectivity index (χ1) is 8.52. The van der Waals surface area contributed by atoms with Gasteiger partial charge in [-0.1, -0.05) is 31.5 Å². The Kier molecular flexibility index (Phi) is 3.85. The van der Waals surface area contributed by atoms with E-state index < -0.39 is 0 Å². The van der Waals surface area contributed by atoms with Crippen LogP contribution in [0.3, 0.4) is 0 Å². The number of hydrogen-bond acceptors (Lipinski definition) is 3. The maximum absolute atomic E-state index is 5.82. The van der Waals surface area contributed by atoms with Gasteiger partial charge in [0.05, 0.1) is 5.56 Å². The fraction of sp³-hybridized carbons (Fsp3) is 0.571. The first-order valence-corrected chi connectivity index (χ1v) is 6.96. The zero-order valence-corrected chi connectivity index (χ0v) is 11.9. The molecule has 0 amide bonds. The summed E-state index contributed by atoms with van der Waals surface area (Å²) in [5, 5.41) is 3.57. The van der Waals surface area contributed by atoms with Crippen molar-refractivity contribution in [2.75, 3.05) is 5.32 Å². The SMILES string of the molecule is Cc1ccnc(NC2(C)CCCCC2)c1C(N)=S. The summed E-state index contributed by atoms with van der Waals surface area (Å²) in [4.78, 5) is 4.84. The van der Waals surface area contributed by atoms with Crippen molar-refractivity contribution >= 4 is 23.0 Å². The molecule has 0 unspecified atom stereocenters. The number of rotatable bonds is 3. The van der Waals surface area contributed by atoms with Gasteiger partial charge in [0.2, 0.25) is 0 Å². The molecule has 18 heavy (non-hydrogen) atoms. The molecule has 4 heteroatoms. The minimum absolute atomic E-state index is 0.124. The molecule has 1 aromatic heterocycles. The van der Waals surface area contributed by atoms with Gasteiger partial charge in [-0.3, -0.25) is 0 Å². The van der Waals surface area contributed by atoms with E-state index in [4.69, 9.17) is 18.0 Å². The topological polar surface area (TPSA) is 50.9 Å². The maximum atomic E-state index is 5.82. The largest absolute Gasteiger partial charge is 0.389 e. The van der Waals surface area contributed by atoms with E-state index in [2.05, 4.69) is 17.2 Å². The molecule has 0 atom stereocenters. The highest BCUT2D eigenvalue weighted by Gasteiger charge is 2.28. The molecule has 0 aliphatic heterocycles. The summed E-state index contributed by atoms with van der Waals surface area (Å²) in [6.07, 6.45) is 8.06. The molecule has 1 aliphatic carbocycles. The van der Waals surface area contributed by atoms with Crippen LogP contribution in [0.5, 0.6) is 0 Å². The van der Waals surface area contributed by atoms with Crippen LogP contribution in [0.25, 0.3) is 0 Å². The molecule has 0 aromatic carbocycles. The second-order valence-corrected chi connectivity index (χ2v) is 5.90. The second-order valence-electron chi connectivity index (χ2n) is 5.46. The van der Waals surface area contributed by atoms with Crippen molar-refractivity contribution in [3.8, 4) is 0 Å². The number of anilines is 1. The number of pyridine rings is 1. The third-order valence-electron chi connectivity index (χ3n) is 3.78. The molecule has 0 radical (unpaired) electrons. The predicted molar refractivity (Wildman–Crippen MR) is 80.0 cm³/mol. The number of aryl methyl sites for hydroxylation is 1. The van der Waals surface area contributed by atoms with Gasteiger partial charge >= 0.3 is 0 Å². The number of thiocarbonyl (C=S) groups is 1. The van der Waals surface area contributed by atoms with E-state index in [9.17, 15) is 0 Å². The van der Waals surface area contributed by atoms with Crippen LogP contribution in [0, 0.1) is 6.92 Å². The predicted octanol–water partition coefficient (Wildman–Crippen LogP) is 3.16. The molecule has 98 valence electrons. The molecule has 0 saturated heterocycles. The van der Waals surface area contributed by atoms with Gasteiger partial charge in [-0.2, -0.15) is 0 Å². The molecule has 3 nitrogen and oxygen atoms in total. The Labute approximate surface area is 114 Å². The summed E-state index contributed by atoms with van der Waals surface area (Å²) in [5.41, 5.74) is 7.91. The Morgan fingerprint density at radius 2 is 2.06 bits per heavy atom. The average Bonchev–Trinajstić information content (AvgIpc) is 2.28. The molecule has 1 saturated carbocycles. The first kappa shape index (κ1) is 13.3. The van der Waals surface area contributed by atoms with Crippen LogP contribution in [0.15, 0.2) is 12.3 Å². The van der Waals surface area contributed by atoms with Crippen LogP contribution in [-0.4, -0.2) is 15.5 Å². The van der Waals surface area contributed by atoms with E-state index >= 15 is 0 Å². The molecule has 0 bridgehead atoms. The summed E-state index contributed by atoms with van der Waals surface area (Å²) in [6, 6.07) is 1.95. The molecule has 2 rings (SSSR count). The third-order valence-corrected chi connectivity index (χ3v) is 3.99. The summed E-state index contributed by atoms with van der Waals surface area (Å²) >= 11 is 5.14. The molecule has 1 aromatic rings. The van der Waals surface area contributed by atoms with Gasteiger partial charge in [-0.15, -0.1) is 0 Å². The van der Waals surface area contributed by atoms with E-state index in [0.717, 1.165) is 16.9 Å². The Hall–Kier alpha value is -1.16. The lowest BCUT2D eigenvalue weighted by atomic mass is 9.83. The number of nitrogens with two attached hydrogens (primary N) is 1. The smallest absolute Gasteiger partial charge is 0.136 e. The quantitative estimate of drug-likeness (QED) is 0.823. The van der Waals surface area contributed by atoms with Crippen molar-refractivity contribution in [3.63, 3.8) is 0 Å². The zero-order chi connectivity index (χ0) is 13.2. The van der Waals surface area contributed by atoms with Crippen molar-refractivity contribution < 1.29 is 0 Å². The van der Waals surface area contributed by atoms with Gasteiger partial charge in [0.15, 0.2) is 0 Å². The Morgan fingerprint density at radius 1 is 1.39 bits per heavy atom. The highest BCUT2D eigenvalue weighted by Crippen LogP contribution is 2.32. The molecule has 0 spiro atoms. The molecular formula is C14H21N3S. The van der Waals surface area contributed by atoms with Gasteiger partial charge in [0, 0.05) is 11.7 Å². The molecule has 3 N–H and O–H groups in total. The fourth-order valence-electron chi connectivity index (χ4n) is 2.71. The van der Waals surface area contributed by atoms with Crippen molar-refractivity contribution in [2.45, 2.75) is 51.5 Å². The zero-order valence-electron chi connectivity index (χ0n) is 11.1. The summed E-state index contributed by atoms with van der Waals surface area (Å²) < 4.78 is 0. The molecule has 1 heterocycles. The van der Waals surface area contributed by atoms with Crippen LogP contribution >= 0.6 is 12.2 Å². The van der Waals surface area contributed by atoms with Crippen LogP contribution < -0.4 is 11.1 Å². The lowest BCUT2D eigenvalue weighted by molar-refractivity contribution is 0.348. The highest BCUT2D eigenvalue weighted by atomic mass is 32.1. The van der Waals surface area contributed by atoms with E-state index in [0.29, 0.717) is 4.99 Å². The normalized spacial score (nSPS) is 18.3. The Balaban J connectivity index is 2.28. The van der Waals surface area contributed by atoms with Crippen molar-refractivity contribution in [3.05, 3.63) is 23.4 Å². The average molecular weight is 263 g/mol. The van der Waals surface area contributed by atoms with Crippen molar-refractivity contribution in [2.24, 2.45) is 5.73 Å². The fourth-order valence-corrected chi connectivity index (χ4v) is 2.96. The van der Waals surface area contributed by atoms with E-state index in [-0.39, 0.29) is 5.54 Å². The van der Waals surface area contributed by atoms with E-state index in [1.54, 1.807) is 0 Å². The molecule has 1 fully saturated rings. The summed E-state index contributed by atoms with van der Waals surface area (Å²) in [5.74, 6) is 0.840. The van der Waals surface area contributed by atoms with Gasteiger partial charge in [-0.25, -0.2) is 4.98 Å². The van der Waals surface area contributed by atoms with Gasteiger partial charge in [0.1, 0.15) is 10.8 Å². The molecular weight excluding hydrogens is 242 g/mol. The minimum atomic E-state index is 0.124.